The molecular weight excluding hydrogens is 294 g/mol. The van der Waals surface area contributed by atoms with Crippen molar-refractivity contribution in [2.45, 2.75) is 64.4 Å². The molecule has 0 amide bonds. The number of rotatable bonds is 11. The molecule has 2 heteroatoms. The summed E-state index contributed by atoms with van der Waals surface area (Å²) in [4.78, 5) is 0. The van der Waals surface area contributed by atoms with E-state index in [1.54, 1.807) is 0 Å². The molecule has 0 radical (unpaired) electrons. The van der Waals surface area contributed by atoms with Crippen LogP contribution in [0.3, 0.4) is 0 Å². The van der Waals surface area contributed by atoms with Gasteiger partial charge in [-0.1, -0.05) is 75.8 Å². The number of hydrogen-bond acceptors (Lipinski definition) is 2. The van der Waals surface area contributed by atoms with Crippen molar-refractivity contribution >= 4 is 11.4 Å². The second kappa shape index (κ2) is 10.9. The second-order valence-corrected chi connectivity index (χ2v) is 6.60. The zero-order valence-corrected chi connectivity index (χ0v) is 14.9. The van der Waals surface area contributed by atoms with Crippen molar-refractivity contribution in [1.82, 2.24) is 0 Å². The first kappa shape index (κ1) is 18.5. The largest absolute Gasteiger partial charge is 0.393 e. The fourth-order valence-electron chi connectivity index (χ4n) is 2.95. The highest BCUT2D eigenvalue weighted by Gasteiger charge is 2.05. The lowest BCUT2D eigenvalue weighted by Crippen LogP contribution is -2.10. The molecule has 0 fully saturated rings. The lowest BCUT2D eigenvalue weighted by Gasteiger charge is -2.12. The van der Waals surface area contributed by atoms with E-state index in [4.69, 9.17) is 0 Å². The van der Waals surface area contributed by atoms with Crippen molar-refractivity contribution in [2.75, 3.05) is 5.32 Å². The summed E-state index contributed by atoms with van der Waals surface area (Å²) in [7, 11) is 0. The van der Waals surface area contributed by atoms with Crippen LogP contribution in [0.4, 0.5) is 11.4 Å². The highest BCUT2D eigenvalue weighted by molar-refractivity contribution is 5.59. The Morgan fingerprint density at radius 2 is 1.42 bits per heavy atom. The van der Waals surface area contributed by atoms with Gasteiger partial charge in [0.1, 0.15) is 0 Å². The van der Waals surface area contributed by atoms with Crippen molar-refractivity contribution in [3.63, 3.8) is 0 Å². The van der Waals surface area contributed by atoms with E-state index in [0.29, 0.717) is 0 Å². The van der Waals surface area contributed by atoms with Crippen molar-refractivity contribution in [2.24, 2.45) is 0 Å². The minimum atomic E-state index is -0.218. The van der Waals surface area contributed by atoms with E-state index in [1.807, 2.05) is 18.2 Å². The summed E-state index contributed by atoms with van der Waals surface area (Å²) in [6, 6.07) is 18.5. The third-order valence-corrected chi connectivity index (χ3v) is 4.38. The topological polar surface area (TPSA) is 32.3 Å². The zero-order valence-electron chi connectivity index (χ0n) is 14.9. The van der Waals surface area contributed by atoms with Crippen LogP contribution in [0.2, 0.25) is 0 Å². The van der Waals surface area contributed by atoms with E-state index in [2.05, 4.69) is 48.6 Å². The van der Waals surface area contributed by atoms with Crippen molar-refractivity contribution in [3.8, 4) is 0 Å². The van der Waals surface area contributed by atoms with Crippen molar-refractivity contribution < 1.29 is 5.11 Å². The zero-order chi connectivity index (χ0) is 17.0. The third kappa shape index (κ3) is 7.18. The van der Waals surface area contributed by atoms with Crippen LogP contribution in [0.5, 0.6) is 0 Å². The average Bonchev–Trinajstić information content (AvgIpc) is 2.61. The number of hydrogen-bond donors (Lipinski definition) is 2. The molecular formula is C22H31NO. The lowest BCUT2D eigenvalue weighted by atomic mass is 10.0. The molecule has 0 aliphatic heterocycles. The Morgan fingerprint density at radius 1 is 0.792 bits per heavy atom. The number of benzene rings is 2. The van der Waals surface area contributed by atoms with Crippen molar-refractivity contribution in [1.29, 1.82) is 0 Å². The predicted molar refractivity (Wildman–Crippen MR) is 104 cm³/mol. The molecule has 2 N–H and O–H groups in total. The maximum absolute atomic E-state index is 10.2. The summed E-state index contributed by atoms with van der Waals surface area (Å²) in [6.45, 7) is 2.24. The molecule has 0 heterocycles. The maximum atomic E-state index is 10.2. The van der Waals surface area contributed by atoms with Gasteiger partial charge in [0.05, 0.1) is 6.10 Å². The Bertz CT molecular complexity index is 550. The molecule has 2 aromatic carbocycles. The highest BCUT2D eigenvalue weighted by Crippen LogP contribution is 2.18. The van der Waals surface area contributed by atoms with Crippen LogP contribution < -0.4 is 5.32 Å². The van der Waals surface area contributed by atoms with Crippen LogP contribution in [-0.2, 0) is 6.42 Å². The van der Waals surface area contributed by atoms with E-state index in [-0.39, 0.29) is 6.10 Å². The van der Waals surface area contributed by atoms with Gasteiger partial charge in [-0.25, -0.2) is 0 Å². The standard InChI is InChI=1S/C22H31NO/c1-2-3-4-5-6-10-13-22(24)18-19-14-16-21(17-15-19)23-20-11-8-7-9-12-20/h7-9,11-12,14-17,22-24H,2-6,10,13,18H2,1H3. The van der Waals surface area contributed by atoms with Gasteiger partial charge < -0.3 is 10.4 Å². The molecule has 0 spiro atoms. The number of para-hydroxylation sites is 1. The smallest absolute Gasteiger partial charge is 0.0580 e. The minimum Gasteiger partial charge on any atom is -0.393 e. The highest BCUT2D eigenvalue weighted by atomic mass is 16.3. The molecule has 2 rings (SSSR count). The number of aliphatic hydroxyl groups is 1. The van der Waals surface area contributed by atoms with Gasteiger partial charge in [0.25, 0.3) is 0 Å². The van der Waals surface area contributed by atoms with Crippen LogP contribution >= 0.6 is 0 Å². The van der Waals surface area contributed by atoms with Gasteiger partial charge >= 0.3 is 0 Å². The van der Waals surface area contributed by atoms with Crippen LogP contribution in [0.15, 0.2) is 54.6 Å². The average molecular weight is 325 g/mol. The normalized spacial score (nSPS) is 12.1. The third-order valence-electron chi connectivity index (χ3n) is 4.38. The molecule has 1 atom stereocenters. The second-order valence-electron chi connectivity index (χ2n) is 6.60. The van der Waals surface area contributed by atoms with Crippen LogP contribution in [0.1, 0.15) is 57.4 Å². The molecule has 0 saturated carbocycles. The molecule has 0 aliphatic rings. The summed E-state index contributed by atoms with van der Waals surface area (Å²) < 4.78 is 0. The number of nitrogens with one attached hydrogen (secondary N) is 1. The summed E-state index contributed by atoms with van der Waals surface area (Å²) in [6.07, 6.45) is 9.10. The molecule has 2 nitrogen and oxygen atoms in total. The van der Waals surface area contributed by atoms with E-state index >= 15 is 0 Å². The van der Waals surface area contributed by atoms with Gasteiger partial charge in [-0.2, -0.15) is 0 Å². The predicted octanol–water partition coefficient (Wildman–Crippen LogP) is 6.08. The Labute approximate surface area is 146 Å². The summed E-state index contributed by atoms with van der Waals surface area (Å²) in [5.74, 6) is 0. The summed E-state index contributed by atoms with van der Waals surface area (Å²) >= 11 is 0. The molecule has 24 heavy (non-hydrogen) atoms. The lowest BCUT2D eigenvalue weighted by molar-refractivity contribution is 0.161. The van der Waals surface area contributed by atoms with Crippen LogP contribution in [0, 0.1) is 0 Å². The Hall–Kier alpha value is -1.80. The number of aliphatic hydroxyl groups excluding tert-OH is 1. The Kier molecular flexibility index (Phi) is 8.40. The summed E-state index contributed by atoms with van der Waals surface area (Å²) in [5.41, 5.74) is 3.37. The molecule has 0 aromatic heterocycles. The quantitative estimate of drug-likeness (QED) is 0.490. The van der Waals surface area contributed by atoms with Gasteiger partial charge in [-0.15, -0.1) is 0 Å². The fraction of sp³-hybridized carbons (Fsp3) is 0.455. The number of unbranched alkanes of at least 4 members (excludes halogenated alkanes) is 5. The number of anilines is 2. The SMILES string of the molecule is CCCCCCCCC(O)Cc1ccc(Nc2ccccc2)cc1. The Balaban J connectivity index is 1.69. The monoisotopic (exact) mass is 325 g/mol. The molecule has 0 saturated heterocycles. The van der Waals surface area contributed by atoms with Gasteiger partial charge in [0, 0.05) is 11.4 Å². The van der Waals surface area contributed by atoms with E-state index in [0.717, 1.165) is 30.6 Å². The maximum Gasteiger partial charge on any atom is 0.0580 e. The van der Waals surface area contributed by atoms with E-state index in [9.17, 15) is 5.11 Å². The van der Waals surface area contributed by atoms with Crippen LogP contribution in [-0.4, -0.2) is 11.2 Å². The van der Waals surface area contributed by atoms with E-state index < -0.39 is 0 Å². The van der Waals surface area contributed by atoms with Gasteiger partial charge in [0.2, 0.25) is 0 Å². The molecule has 1 unspecified atom stereocenters. The molecule has 2 aromatic rings. The molecule has 0 aliphatic carbocycles. The van der Waals surface area contributed by atoms with Gasteiger partial charge in [0.15, 0.2) is 0 Å². The van der Waals surface area contributed by atoms with Gasteiger partial charge in [-0.05, 0) is 42.7 Å². The Morgan fingerprint density at radius 3 is 2.12 bits per heavy atom. The van der Waals surface area contributed by atoms with E-state index in [1.165, 1.54) is 37.7 Å². The molecule has 130 valence electrons. The molecule has 0 bridgehead atoms. The van der Waals surface area contributed by atoms with Crippen molar-refractivity contribution in [3.05, 3.63) is 60.2 Å². The minimum absolute atomic E-state index is 0.218. The van der Waals surface area contributed by atoms with Gasteiger partial charge in [-0.3, -0.25) is 0 Å². The first-order valence-corrected chi connectivity index (χ1v) is 9.37. The van der Waals surface area contributed by atoms with Crippen LogP contribution in [0.25, 0.3) is 0 Å². The fourth-order valence-corrected chi connectivity index (χ4v) is 2.95. The summed E-state index contributed by atoms with van der Waals surface area (Å²) in [5, 5.41) is 13.6. The first-order valence-electron chi connectivity index (χ1n) is 9.37. The first-order chi connectivity index (χ1) is 11.8.